The fraction of sp³-hybridized carbons (Fsp3) is 0.0714. The molecule has 0 radical (unpaired) electrons. The molecule has 19 heavy (non-hydrogen) atoms. The van der Waals surface area contributed by atoms with Crippen molar-refractivity contribution in [3.63, 3.8) is 0 Å². The zero-order valence-electron chi connectivity index (χ0n) is 10.4. The number of carbonyl (C=O) groups is 1. The maximum absolute atomic E-state index is 11.4. The molecule has 0 spiro atoms. The summed E-state index contributed by atoms with van der Waals surface area (Å²) in [5.74, 6) is -0.491. The zero-order chi connectivity index (χ0) is 14.0. The summed E-state index contributed by atoms with van der Waals surface area (Å²) < 4.78 is 0.988. The number of hydrogen-bond acceptors (Lipinski definition) is 3. The number of rotatable bonds is 3. The summed E-state index contributed by atoms with van der Waals surface area (Å²) in [4.78, 5) is 11.4. The van der Waals surface area contributed by atoms with Gasteiger partial charge in [-0.25, -0.2) is 0 Å². The number of carbonyl (C=O) groups excluding carboxylic acids is 1. The van der Waals surface area contributed by atoms with Crippen LogP contribution >= 0.6 is 15.9 Å². The van der Waals surface area contributed by atoms with E-state index < -0.39 is 5.91 Å². The van der Waals surface area contributed by atoms with Crippen molar-refractivity contribution in [2.75, 3.05) is 11.1 Å². The Balaban J connectivity index is 2.45. The minimum atomic E-state index is -0.491. The Morgan fingerprint density at radius 2 is 1.95 bits per heavy atom. The number of nitrogens with one attached hydrogen (secondary N) is 1. The fourth-order valence-corrected chi connectivity index (χ4v) is 2.13. The van der Waals surface area contributed by atoms with Gasteiger partial charge in [-0.15, -0.1) is 0 Å². The van der Waals surface area contributed by atoms with Crippen molar-refractivity contribution in [1.82, 2.24) is 0 Å². The van der Waals surface area contributed by atoms with Gasteiger partial charge in [-0.1, -0.05) is 22.0 Å². The molecule has 0 aromatic heterocycles. The van der Waals surface area contributed by atoms with Crippen molar-refractivity contribution in [1.29, 1.82) is 0 Å². The molecule has 0 saturated carbocycles. The number of nitrogen functional groups attached to an aromatic ring is 1. The standard InChI is InChI=1S/C14H14BrN3O/c1-8-11(15)3-2-4-12(8)18-13-7-9(16)5-6-10(13)14(17)19/h2-7,18H,16H2,1H3,(H2,17,19). The van der Waals surface area contributed by atoms with Crippen LogP contribution in [0.3, 0.4) is 0 Å². The first-order valence-corrected chi connectivity index (χ1v) is 6.50. The van der Waals surface area contributed by atoms with E-state index in [4.69, 9.17) is 11.5 Å². The third-order valence-electron chi connectivity index (χ3n) is 2.85. The van der Waals surface area contributed by atoms with Crippen LogP contribution in [0.15, 0.2) is 40.9 Å². The third-order valence-corrected chi connectivity index (χ3v) is 3.71. The molecule has 0 unspecified atom stereocenters. The quantitative estimate of drug-likeness (QED) is 0.760. The van der Waals surface area contributed by atoms with Crippen molar-refractivity contribution in [3.8, 4) is 0 Å². The van der Waals surface area contributed by atoms with E-state index in [1.54, 1.807) is 18.2 Å². The molecule has 98 valence electrons. The minimum Gasteiger partial charge on any atom is -0.399 e. The first-order chi connectivity index (χ1) is 8.99. The van der Waals surface area contributed by atoms with Gasteiger partial charge in [0.1, 0.15) is 0 Å². The molecule has 0 saturated heterocycles. The molecule has 0 heterocycles. The van der Waals surface area contributed by atoms with Crippen LogP contribution in [0.4, 0.5) is 17.1 Å². The van der Waals surface area contributed by atoms with Crippen molar-refractivity contribution in [2.24, 2.45) is 5.73 Å². The van der Waals surface area contributed by atoms with Crippen molar-refractivity contribution in [3.05, 3.63) is 52.0 Å². The average Bonchev–Trinajstić information content (AvgIpc) is 2.35. The van der Waals surface area contributed by atoms with Gasteiger partial charge >= 0.3 is 0 Å². The molecule has 2 rings (SSSR count). The lowest BCUT2D eigenvalue weighted by molar-refractivity contribution is 0.100. The summed E-state index contributed by atoms with van der Waals surface area (Å²) in [6.45, 7) is 1.97. The van der Waals surface area contributed by atoms with E-state index in [0.29, 0.717) is 16.9 Å². The molecule has 2 aromatic rings. The Kier molecular flexibility index (Phi) is 3.76. The van der Waals surface area contributed by atoms with Gasteiger partial charge in [0, 0.05) is 15.8 Å². The Morgan fingerprint density at radius 3 is 2.63 bits per heavy atom. The monoisotopic (exact) mass is 319 g/mol. The van der Waals surface area contributed by atoms with E-state index >= 15 is 0 Å². The first-order valence-electron chi connectivity index (χ1n) is 5.70. The number of nitrogens with two attached hydrogens (primary N) is 2. The Hall–Kier alpha value is -2.01. The average molecular weight is 320 g/mol. The molecule has 0 fully saturated rings. The van der Waals surface area contributed by atoms with Gasteiger partial charge in [0.2, 0.25) is 0 Å². The smallest absolute Gasteiger partial charge is 0.250 e. The molecule has 2 aromatic carbocycles. The fourth-order valence-electron chi connectivity index (χ4n) is 1.77. The molecule has 0 aliphatic carbocycles. The van der Waals surface area contributed by atoms with E-state index in [9.17, 15) is 4.79 Å². The highest BCUT2D eigenvalue weighted by molar-refractivity contribution is 9.10. The minimum absolute atomic E-state index is 0.411. The third kappa shape index (κ3) is 2.88. The van der Waals surface area contributed by atoms with Crippen LogP contribution < -0.4 is 16.8 Å². The van der Waals surface area contributed by atoms with Gasteiger partial charge in [-0.05, 0) is 42.8 Å². The number of primary amides is 1. The Morgan fingerprint density at radius 1 is 1.21 bits per heavy atom. The highest BCUT2D eigenvalue weighted by Gasteiger charge is 2.10. The normalized spacial score (nSPS) is 10.2. The summed E-state index contributed by atoms with van der Waals surface area (Å²) >= 11 is 3.47. The maximum atomic E-state index is 11.4. The van der Waals surface area contributed by atoms with E-state index in [0.717, 1.165) is 15.7 Å². The van der Waals surface area contributed by atoms with Gasteiger partial charge in [-0.2, -0.15) is 0 Å². The molecular formula is C14H14BrN3O. The molecular weight excluding hydrogens is 306 g/mol. The summed E-state index contributed by atoms with van der Waals surface area (Å²) in [6.07, 6.45) is 0. The van der Waals surface area contributed by atoms with E-state index in [1.165, 1.54) is 0 Å². The van der Waals surface area contributed by atoms with E-state index in [1.807, 2.05) is 25.1 Å². The number of benzene rings is 2. The SMILES string of the molecule is Cc1c(Br)cccc1Nc1cc(N)ccc1C(N)=O. The van der Waals surface area contributed by atoms with Gasteiger partial charge in [0.25, 0.3) is 5.91 Å². The molecule has 0 aliphatic heterocycles. The van der Waals surface area contributed by atoms with Gasteiger partial charge in [0.05, 0.1) is 11.3 Å². The molecule has 4 nitrogen and oxygen atoms in total. The van der Waals surface area contributed by atoms with Crippen molar-refractivity contribution in [2.45, 2.75) is 6.92 Å². The van der Waals surface area contributed by atoms with Gasteiger partial charge in [-0.3, -0.25) is 4.79 Å². The summed E-state index contributed by atoms with van der Waals surface area (Å²) in [7, 11) is 0. The lowest BCUT2D eigenvalue weighted by Gasteiger charge is -2.13. The maximum Gasteiger partial charge on any atom is 0.250 e. The lowest BCUT2D eigenvalue weighted by Crippen LogP contribution is -2.13. The molecule has 0 bridgehead atoms. The second-order valence-electron chi connectivity index (χ2n) is 4.21. The van der Waals surface area contributed by atoms with Gasteiger partial charge in [0.15, 0.2) is 0 Å². The molecule has 0 atom stereocenters. The van der Waals surface area contributed by atoms with E-state index in [2.05, 4.69) is 21.2 Å². The summed E-state index contributed by atoms with van der Waals surface area (Å²) in [6, 6.07) is 10.8. The molecule has 0 aliphatic rings. The largest absolute Gasteiger partial charge is 0.399 e. The van der Waals surface area contributed by atoms with Crippen LogP contribution in [0.25, 0.3) is 0 Å². The van der Waals surface area contributed by atoms with Crippen LogP contribution in [-0.4, -0.2) is 5.91 Å². The topological polar surface area (TPSA) is 81.1 Å². The summed E-state index contributed by atoms with van der Waals surface area (Å²) in [5, 5.41) is 3.19. The predicted molar refractivity (Wildman–Crippen MR) is 81.5 cm³/mol. The van der Waals surface area contributed by atoms with E-state index in [-0.39, 0.29) is 0 Å². The van der Waals surface area contributed by atoms with Crippen LogP contribution in [-0.2, 0) is 0 Å². The first kappa shape index (κ1) is 13.4. The number of halogens is 1. The number of amides is 1. The van der Waals surface area contributed by atoms with Crippen LogP contribution in [0.1, 0.15) is 15.9 Å². The highest BCUT2D eigenvalue weighted by Crippen LogP contribution is 2.29. The van der Waals surface area contributed by atoms with Crippen LogP contribution in [0.2, 0.25) is 0 Å². The molecule has 5 N–H and O–H groups in total. The lowest BCUT2D eigenvalue weighted by atomic mass is 10.1. The highest BCUT2D eigenvalue weighted by atomic mass is 79.9. The number of anilines is 3. The van der Waals surface area contributed by atoms with Crippen molar-refractivity contribution < 1.29 is 4.79 Å². The second-order valence-corrected chi connectivity index (χ2v) is 5.06. The Bertz CT molecular complexity index is 641. The summed E-state index contributed by atoms with van der Waals surface area (Å²) in [5.41, 5.74) is 14.6. The Labute approximate surface area is 119 Å². The molecule has 5 heteroatoms. The van der Waals surface area contributed by atoms with Crippen LogP contribution in [0, 0.1) is 6.92 Å². The zero-order valence-corrected chi connectivity index (χ0v) is 12.0. The second kappa shape index (κ2) is 5.32. The predicted octanol–water partition coefficient (Wildman–Crippen LogP) is 3.18. The number of hydrogen-bond donors (Lipinski definition) is 3. The van der Waals surface area contributed by atoms with Crippen LogP contribution in [0.5, 0.6) is 0 Å². The van der Waals surface area contributed by atoms with Crippen molar-refractivity contribution >= 4 is 38.9 Å². The molecule has 1 amide bonds. The van der Waals surface area contributed by atoms with Gasteiger partial charge < -0.3 is 16.8 Å².